The fourth-order valence-corrected chi connectivity index (χ4v) is 4.27. The SMILES string of the molecule is Cc1cc2c(-c3ccc(F)cc3F)ccnc2nc1C.c1nn(C2CC2)cc1C1CCCCO1. The van der Waals surface area contributed by atoms with Gasteiger partial charge < -0.3 is 4.74 Å². The largest absolute Gasteiger partial charge is 0.373 e. The molecule has 0 spiro atoms. The van der Waals surface area contributed by atoms with Crippen molar-refractivity contribution >= 4 is 11.0 Å². The van der Waals surface area contributed by atoms with Crippen molar-refractivity contribution in [2.75, 3.05) is 6.61 Å². The van der Waals surface area contributed by atoms with E-state index in [0.29, 0.717) is 28.9 Å². The number of halogens is 2. The van der Waals surface area contributed by atoms with Crippen molar-refractivity contribution in [3.63, 3.8) is 0 Å². The summed E-state index contributed by atoms with van der Waals surface area (Å²) in [6.45, 7) is 4.76. The van der Waals surface area contributed by atoms with Gasteiger partial charge >= 0.3 is 0 Å². The summed E-state index contributed by atoms with van der Waals surface area (Å²) in [5, 5.41) is 5.15. The number of aromatic nitrogens is 4. The van der Waals surface area contributed by atoms with Crippen LogP contribution in [-0.4, -0.2) is 26.4 Å². The normalized spacial score (nSPS) is 17.9. The molecule has 2 fully saturated rings. The van der Waals surface area contributed by atoms with E-state index in [0.717, 1.165) is 35.7 Å². The molecule has 0 amide bonds. The highest BCUT2D eigenvalue weighted by Gasteiger charge is 2.26. The first-order chi connectivity index (χ1) is 16.5. The average molecular weight is 463 g/mol. The predicted octanol–water partition coefficient (Wildman–Crippen LogP) is 6.65. The molecule has 4 heterocycles. The number of nitrogens with zero attached hydrogens (tertiary/aromatic N) is 4. The summed E-state index contributed by atoms with van der Waals surface area (Å²) < 4.78 is 34.8. The van der Waals surface area contributed by atoms with Crippen LogP contribution in [0.1, 0.15) is 61.1 Å². The predicted molar refractivity (Wildman–Crippen MR) is 127 cm³/mol. The molecule has 1 saturated heterocycles. The summed E-state index contributed by atoms with van der Waals surface area (Å²) in [5.74, 6) is -1.18. The van der Waals surface area contributed by atoms with Gasteiger partial charge in [0.05, 0.1) is 18.3 Å². The Bertz CT molecular complexity index is 1310. The zero-order chi connectivity index (χ0) is 23.7. The van der Waals surface area contributed by atoms with Gasteiger partial charge in [0.2, 0.25) is 0 Å². The van der Waals surface area contributed by atoms with Gasteiger partial charge in [0, 0.05) is 47.3 Å². The van der Waals surface area contributed by atoms with Crippen molar-refractivity contribution in [2.45, 2.75) is 58.1 Å². The van der Waals surface area contributed by atoms with Crippen LogP contribution in [0.4, 0.5) is 8.78 Å². The Balaban J connectivity index is 0.000000150. The van der Waals surface area contributed by atoms with E-state index in [1.165, 1.54) is 43.4 Å². The Hall–Kier alpha value is -3.19. The number of benzene rings is 1. The van der Waals surface area contributed by atoms with Gasteiger partial charge in [-0.25, -0.2) is 18.7 Å². The Morgan fingerprint density at radius 1 is 1.00 bits per heavy atom. The number of hydrogen-bond acceptors (Lipinski definition) is 4. The smallest absolute Gasteiger partial charge is 0.159 e. The third kappa shape index (κ3) is 4.85. The molecule has 7 heteroatoms. The van der Waals surface area contributed by atoms with Crippen LogP contribution in [0.25, 0.3) is 22.2 Å². The van der Waals surface area contributed by atoms with Crippen molar-refractivity contribution in [3.8, 4) is 11.1 Å². The van der Waals surface area contributed by atoms with E-state index in [1.54, 1.807) is 12.3 Å². The molecule has 1 saturated carbocycles. The lowest BCUT2D eigenvalue weighted by molar-refractivity contribution is 0.0149. The van der Waals surface area contributed by atoms with Crippen LogP contribution in [0.3, 0.4) is 0 Å². The van der Waals surface area contributed by atoms with E-state index in [1.807, 2.05) is 26.1 Å². The maximum Gasteiger partial charge on any atom is 0.159 e. The van der Waals surface area contributed by atoms with Crippen LogP contribution in [0.2, 0.25) is 0 Å². The van der Waals surface area contributed by atoms with Crippen LogP contribution in [-0.2, 0) is 4.74 Å². The van der Waals surface area contributed by atoms with E-state index in [9.17, 15) is 8.78 Å². The maximum atomic E-state index is 14.0. The van der Waals surface area contributed by atoms with Crippen LogP contribution in [0.15, 0.2) is 48.9 Å². The zero-order valence-electron chi connectivity index (χ0n) is 19.5. The van der Waals surface area contributed by atoms with Gasteiger partial charge in [-0.05, 0) is 81.3 Å². The maximum absolute atomic E-state index is 14.0. The molecular weight excluding hydrogens is 434 g/mol. The number of hydrogen-bond donors (Lipinski definition) is 0. The quantitative estimate of drug-likeness (QED) is 0.342. The molecule has 0 N–H and O–H groups in total. The van der Waals surface area contributed by atoms with E-state index in [2.05, 4.69) is 25.9 Å². The monoisotopic (exact) mass is 462 g/mol. The standard InChI is InChI=1S/C16H12F2N2.C11H16N2O/c1-9-7-14-12(5-6-19-16(14)20-10(9)2)13-4-3-11(17)8-15(13)18;1-2-6-14-11(3-1)9-7-12-13(8-9)10-4-5-10/h3-8H,1-2H3;7-8,10-11H,1-6H2. The first-order valence-corrected chi connectivity index (χ1v) is 11.8. The summed E-state index contributed by atoms with van der Waals surface area (Å²) in [6.07, 6.45) is 12.3. The Kier molecular flexibility index (Phi) is 6.37. The van der Waals surface area contributed by atoms with Gasteiger partial charge in [0.1, 0.15) is 11.6 Å². The number of aryl methyl sites for hydroxylation is 2. The van der Waals surface area contributed by atoms with E-state index in [4.69, 9.17) is 4.74 Å². The van der Waals surface area contributed by atoms with E-state index in [-0.39, 0.29) is 0 Å². The second kappa shape index (κ2) is 9.58. The number of pyridine rings is 2. The highest BCUT2D eigenvalue weighted by Crippen LogP contribution is 2.36. The first kappa shape index (κ1) is 22.6. The second-order valence-corrected chi connectivity index (χ2v) is 9.08. The molecule has 1 atom stereocenters. The average Bonchev–Trinajstić information content (AvgIpc) is 3.57. The highest BCUT2D eigenvalue weighted by molar-refractivity contribution is 5.93. The van der Waals surface area contributed by atoms with Gasteiger partial charge in [-0.3, -0.25) is 4.68 Å². The van der Waals surface area contributed by atoms with Crippen LogP contribution < -0.4 is 0 Å². The molecule has 5 nitrogen and oxygen atoms in total. The Labute approximate surface area is 197 Å². The van der Waals surface area contributed by atoms with Gasteiger partial charge in [-0.1, -0.05) is 0 Å². The summed E-state index contributed by atoms with van der Waals surface area (Å²) in [6, 6.07) is 7.91. The summed E-state index contributed by atoms with van der Waals surface area (Å²) in [4.78, 5) is 8.61. The third-order valence-corrected chi connectivity index (χ3v) is 6.49. The van der Waals surface area contributed by atoms with Crippen LogP contribution >= 0.6 is 0 Å². The number of ether oxygens (including phenoxy) is 1. The second-order valence-electron chi connectivity index (χ2n) is 9.08. The minimum Gasteiger partial charge on any atom is -0.373 e. The highest BCUT2D eigenvalue weighted by atomic mass is 19.1. The minimum absolute atomic E-state index is 0.316. The molecule has 0 radical (unpaired) electrons. The van der Waals surface area contributed by atoms with Crippen molar-refractivity contribution in [1.29, 1.82) is 0 Å². The molecule has 4 aromatic rings. The lowest BCUT2D eigenvalue weighted by Crippen LogP contribution is -2.10. The fourth-order valence-electron chi connectivity index (χ4n) is 4.27. The van der Waals surface area contributed by atoms with Crippen LogP contribution in [0.5, 0.6) is 0 Å². The molecule has 3 aromatic heterocycles. The van der Waals surface area contributed by atoms with Crippen molar-refractivity contribution in [3.05, 3.63) is 77.4 Å². The van der Waals surface area contributed by atoms with Gasteiger partial charge in [-0.15, -0.1) is 0 Å². The van der Waals surface area contributed by atoms with Crippen molar-refractivity contribution in [1.82, 2.24) is 19.7 Å². The minimum atomic E-state index is -0.588. The number of fused-ring (bicyclic) bond motifs is 1. The van der Waals surface area contributed by atoms with Gasteiger partial charge in [0.15, 0.2) is 5.65 Å². The first-order valence-electron chi connectivity index (χ1n) is 11.8. The van der Waals surface area contributed by atoms with Gasteiger partial charge in [-0.2, -0.15) is 5.10 Å². The number of rotatable bonds is 3. The molecule has 2 aliphatic rings. The van der Waals surface area contributed by atoms with E-state index < -0.39 is 11.6 Å². The zero-order valence-corrected chi connectivity index (χ0v) is 19.5. The lowest BCUT2D eigenvalue weighted by atomic mass is 10.0. The lowest BCUT2D eigenvalue weighted by Gasteiger charge is -2.21. The molecule has 1 aromatic carbocycles. The molecule has 1 aliphatic carbocycles. The molecule has 1 aliphatic heterocycles. The third-order valence-electron chi connectivity index (χ3n) is 6.49. The topological polar surface area (TPSA) is 52.8 Å². The van der Waals surface area contributed by atoms with Crippen molar-refractivity contribution in [2.24, 2.45) is 0 Å². The fraction of sp³-hybridized carbons (Fsp3) is 0.370. The molecule has 0 bridgehead atoms. The molecular formula is C27H28F2N4O. The molecule has 1 unspecified atom stereocenters. The van der Waals surface area contributed by atoms with Crippen LogP contribution in [0, 0.1) is 25.5 Å². The Morgan fingerprint density at radius 2 is 1.85 bits per heavy atom. The molecule has 176 valence electrons. The molecule has 6 rings (SSSR count). The summed E-state index contributed by atoms with van der Waals surface area (Å²) in [5.41, 5.74) is 4.76. The Morgan fingerprint density at radius 3 is 2.59 bits per heavy atom. The summed E-state index contributed by atoms with van der Waals surface area (Å²) in [7, 11) is 0. The molecule has 34 heavy (non-hydrogen) atoms. The summed E-state index contributed by atoms with van der Waals surface area (Å²) >= 11 is 0. The van der Waals surface area contributed by atoms with E-state index >= 15 is 0 Å². The van der Waals surface area contributed by atoms with Crippen molar-refractivity contribution < 1.29 is 13.5 Å². The van der Waals surface area contributed by atoms with Gasteiger partial charge in [0.25, 0.3) is 0 Å².